The molecular formula is C22H19ClF2N10O. The fourth-order valence-electron chi connectivity index (χ4n) is 4.27. The molecule has 1 aliphatic heterocycles. The van der Waals surface area contributed by atoms with E-state index in [9.17, 15) is 13.6 Å². The third-order valence-electron chi connectivity index (χ3n) is 5.83. The van der Waals surface area contributed by atoms with E-state index < -0.39 is 23.5 Å². The molecular weight excluding hydrogens is 494 g/mol. The molecule has 0 saturated carbocycles. The predicted octanol–water partition coefficient (Wildman–Crippen LogP) is 2.33. The summed E-state index contributed by atoms with van der Waals surface area (Å²) in [4.78, 5) is 28.0. The van der Waals surface area contributed by atoms with Crippen molar-refractivity contribution >= 4 is 29.4 Å². The quantitative estimate of drug-likeness (QED) is 0.104. The number of fused-ring (bicyclic) bond motifs is 1. The van der Waals surface area contributed by atoms with Crippen LogP contribution in [-0.4, -0.2) is 30.8 Å². The number of nitrogen functional groups attached to an aromatic ring is 1. The molecule has 4 aromatic rings. The fraction of sp³-hybridized carbons (Fsp3) is 0.136. The van der Waals surface area contributed by atoms with Gasteiger partial charge in [-0.15, -0.1) is 0 Å². The number of imidazole rings is 1. The lowest BCUT2D eigenvalue weighted by Gasteiger charge is -2.18. The number of rotatable bonds is 5. The van der Waals surface area contributed by atoms with Crippen molar-refractivity contribution in [3.63, 3.8) is 0 Å². The second-order valence-corrected chi connectivity index (χ2v) is 8.45. The molecule has 0 saturated heterocycles. The first kappa shape index (κ1) is 23.4. The predicted molar refractivity (Wildman–Crippen MR) is 131 cm³/mol. The van der Waals surface area contributed by atoms with Crippen molar-refractivity contribution in [1.29, 1.82) is 0 Å². The molecule has 7 N–H and O–H groups in total. The van der Waals surface area contributed by atoms with Gasteiger partial charge in [0, 0.05) is 23.1 Å². The molecule has 0 aliphatic carbocycles. The lowest BCUT2D eigenvalue weighted by molar-refractivity contribution is 0.513. The lowest BCUT2D eigenvalue weighted by Crippen LogP contribution is -2.30. The van der Waals surface area contributed by atoms with E-state index in [2.05, 4.69) is 25.0 Å². The number of nitrogens with one attached hydrogen (secondary N) is 1. The summed E-state index contributed by atoms with van der Waals surface area (Å²) in [6.45, 7) is 0. The molecule has 5 rings (SSSR count). The van der Waals surface area contributed by atoms with Crippen molar-refractivity contribution in [2.24, 2.45) is 16.8 Å². The first-order valence-corrected chi connectivity index (χ1v) is 11.0. The largest absolute Gasteiger partial charge is 0.384 e. The summed E-state index contributed by atoms with van der Waals surface area (Å²) in [5.41, 5.74) is 6.32. The zero-order valence-corrected chi connectivity index (χ0v) is 19.2. The second-order valence-electron chi connectivity index (χ2n) is 8.02. The highest BCUT2D eigenvalue weighted by atomic mass is 35.5. The summed E-state index contributed by atoms with van der Waals surface area (Å²) in [5, 5.41) is 4.99. The summed E-state index contributed by atoms with van der Waals surface area (Å²) in [7, 11) is 0. The number of halogens is 3. The molecule has 0 radical (unpaired) electrons. The number of anilines is 2. The van der Waals surface area contributed by atoms with Gasteiger partial charge in [0.25, 0.3) is 5.56 Å². The van der Waals surface area contributed by atoms with Crippen LogP contribution in [-0.2, 0) is 6.42 Å². The first-order valence-electron chi connectivity index (χ1n) is 10.6. The van der Waals surface area contributed by atoms with Gasteiger partial charge in [0.15, 0.2) is 0 Å². The molecule has 0 spiro atoms. The highest BCUT2D eigenvalue weighted by Crippen LogP contribution is 2.35. The van der Waals surface area contributed by atoms with Crippen molar-refractivity contribution in [2.75, 3.05) is 10.7 Å². The Kier molecular flexibility index (Phi) is 5.86. The van der Waals surface area contributed by atoms with Gasteiger partial charge in [-0.05, 0) is 36.8 Å². The van der Waals surface area contributed by atoms with Gasteiger partial charge < -0.3 is 16.6 Å². The number of hydrogen-bond acceptors (Lipinski definition) is 8. The van der Waals surface area contributed by atoms with Crippen molar-refractivity contribution in [3.05, 3.63) is 75.2 Å². The van der Waals surface area contributed by atoms with E-state index in [1.165, 1.54) is 34.1 Å². The number of nitrogens with zero attached hydrogens (tertiary/aromatic N) is 6. The number of benzene rings is 1. The molecule has 3 aromatic heterocycles. The normalized spacial score (nSPS) is 14.9. The fourth-order valence-corrected chi connectivity index (χ4v) is 4.44. The topological polar surface area (TPSA) is 170 Å². The number of pyridine rings is 1. The average Bonchev–Trinajstić information content (AvgIpc) is 3.42. The second kappa shape index (κ2) is 9.02. The van der Waals surface area contributed by atoms with Crippen LogP contribution in [0.3, 0.4) is 0 Å². The number of aromatic nitrogens is 5. The monoisotopic (exact) mass is 512 g/mol. The molecule has 1 aromatic carbocycles. The summed E-state index contributed by atoms with van der Waals surface area (Å²) in [5.74, 6) is 9.80. The number of hydrazine groups is 1. The maximum absolute atomic E-state index is 14.9. The SMILES string of the molecule is N/N=C\N(N)c1ccc(Cl)cc1-c1cc(=O)n2c(n1)CC[C@@H]2c1[nH]c(-c2ccc(N)nc2F)nc1F. The number of nitrogens with two attached hydrogens (primary N) is 3. The molecule has 0 unspecified atom stereocenters. The minimum atomic E-state index is -0.892. The zero-order valence-electron chi connectivity index (χ0n) is 18.5. The Balaban J connectivity index is 1.56. The van der Waals surface area contributed by atoms with Crippen LogP contribution in [0.25, 0.3) is 22.6 Å². The van der Waals surface area contributed by atoms with Gasteiger partial charge in [-0.1, -0.05) is 11.6 Å². The van der Waals surface area contributed by atoms with E-state index in [0.29, 0.717) is 40.6 Å². The van der Waals surface area contributed by atoms with Crippen LogP contribution in [0.15, 0.2) is 46.3 Å². The minimum Gasteiger partial charge on any atom is -0.384 e. The van der Waals surface area contributed by atoms with Gasteiger partial charge in [-0.3, -0.25) is 14.4 Å². The van der Waals surface area contributed by atoms with Gasteiger partial charge in [0.05, 0.1) is 28.7 Å². The Hall–Kier alpha value is -4.36. The van der Waals surface area contributed by atoms with Crippen LogP contribution in [0, 0.1) is 11.9 Å². The van der Waals surface area contributed by atoms with Gasteiger partial charge in [0.1, 0.15) is 23.8 Å². The maximum atomic E-state index is 14.9. The molecule has 0 bridgehead atoms. The number of aromatic amines is 1. The van der Waals surface area contributed by atoms with E-state index in [1.807, 2.05) is 0 Å². The molecule has 11 nitrogen and oxygen atoms in total. The maximum Gasteiger partial charge on any atom is 0.254 e. The number of H-pyrrole nitrogens is 1. The molecule has 14 heteroatoms. The van der Waals surface area contributed by atoms with E-state index in [0.717, 1.165) is 0 Å². The van der Waals surface area contributed by atoms with Crippen molar-refractivity contribution < 1.29 is 8.78 Å². The summed E-state index contributed by atoms with van der Waals surface area (Å²) in [6, 6.07) is 8.20. The Bertz CT molecular complexity index is 1570. The van der Waals surface area contributed by atoms with Gasteiger partial charge in [-0.2, -0.15) is 18.9 Å². The minimum absolute atomic E-state index is 0.0161. The first-order chi connectivity index (χ1) is 17.3. The van der Waals surface area contributed by atoms with E-state index in [4.69, 9.17) is 29.0 Å². The third kappa shape index (κ3) is 4.03. The van der Waals surface area contributed by atoms with Crippen LogP contribution >= 0.6 is 11.6 Å². The Morgan fingerprint density at radius 3 is 2.69 bits per heavy atom. The Morgan fingerprint density at radius 2 is 1.94 bits per heavy atom. The highest BCUT2D eigenvalue weighted by molar-refractivity contribution is 6.31. The van der Waals surface area contributed by atoms with E-state index in [1.54, 1.807) is 18.2 Å². The third-order valence-corrected chi connectivity index (χ3v) is 6.06. The van der Waals surface area contributed by atoms with Crippen molar-refractivity contribution in [1.82, 2.24) is 24.5 Å². The molecule has 184 valence electrons. The molecule has 1 aliphatic rings. The average molecular weight is 513 g/mol. The summed E-state index contributed by atoms with van der Waals surface area (Å²) in [6.07, 6.45) is 1.95. The van der Waals surface area contributed by atoms with E-state index >= 15 is 0 Å². The van der Waals surface area contributed by atoms with Gasteiger partial charge in [0.2, 0.25) is 11.9 Å². The van der Waals surface area contributed by atoms with Crippen LogP contribution in [0.2, 0.25) is 5.02 Å². The van der Waals surface area contributed by atoms with Crippen LogP contribution in [0.5, 0.6) is 0 Å². The van der Waals surface area contributed by atoms with Crippen LogP contribution in [0.4, 0.5) is 20.3 Å². The number of aryl methyl sites for hydroxylation is 1. The molecule has 0 amide bonds. The Labute approximate surface area is 207 Å². The zero-order chi connectivity index (χ0) is 25.6. The van der Waals surface area contributed by atoms with Crippen molar-refractivity contribution in [3.8, 4) is 22.6 Å². The smallest absolute Gasteiger partial charge is 0.254 e. The molecule has 1 atom stereocenters. The van der Waals surface area contributed by atoms with Crippen molar-refractivity contribution in [2.45, 2.75) is 18.9 Å². The lowest BCUT2D eigenvalue weighted by atomic mass is 10.1. The standard InChI is InChI=1S/C22H19ClF2N10O/c23-10-1-3-14(34(28)9-29-27)12(7-10)13-8-18(36)35-15(4-6-17(35)30-13)19-21(25)33-22(32-19)11-2-5-16(26)31-20(11)24/h1-3,5,7-9,15H,4,6,27-28H2,(H2,26,31)(H,32,33)/b29-9-/t15-/m1/s1. The highest BCUT2D eigenvalue weighted by Gasteiger charge is 2.31. The van der Waals surface area contributed by atoms with Gasteiger partial charge in [-0.25, -0.2) is 15.8 Å². The molecule has 0 fully saturated rings. The van der Waals surface area contributed by atoms with Gasteiger partial charge >= 0.3 is 0 Å². The van der Waals surface area contributed by atoms with Crippen LogP contribution in [0.1, 0.15) is 24.0 Å². The Morgan fingerprint density at radius 1 is 1.14 bits per heavy atom. The molecule has 36 heavy (non-hydrogen) atoms. The van der Waals surface area contributed by atoms with Crippen LogP contribution < -0.4 is 28.0 Å². The number of hydrazone groups is 1. The molecule has 4 heterocycles. The summed E-state index contributed by atoms with van der Waals surface area (Å²) >= 11 is 6.18. The van der Waals surface area contributed by atoms with E-state index in [-0.39, 0.29) is 22.9 Å². The summed E-state index contributed by atoms with van der Waals surface area (Å²) < 4.78 is 30.5. The number of hydrogen-bond donors (Lipinski definition) is 4.